The molecule has 0 spiro atoms. The number of rotatable bonds is 5. The third-order valence-electron chi connectivity index (χ3n) is 4.56. The van der Waals surface area contributed by atoms with E-state index in [9.17, 15) is 0 Å². The van der Waals surface area contributed by atoms with Crippen LogP contribution in [0.1, 0.15) is 12.5 Å². The van der Waals surface area contributed by atoms with Gasteiger partial charge in [0.15, 0.2) is 11.6 Å². The van der Waals surface area contributed by atoms with E-state index in [4.69, 9.17) is 21.3 Å². The van der Waals surface area contributed by atoms with E-state index in [-0.39, 0.29) is 0 Å². The van der Waals surface area contributed by atoms with Crippen LogP contribution in [0.5, 0.6) is 5.75 Å². The van der Waals surface area contributed by atoms with Crippen LogP contribution in [0.2, 0.25) is 5.02 Å². The van der Waals surface area contributed by atoms with Gasteiger partial charge < -0.3 is 4.74 Å². The van der Waals surface area contributed by atoms with Crippen molar-refractivity contribution >= 4 is 34.0 Å². The number of para-hydroxylation sites is 1. The molecule has 1 heterocycles. The predicted octanol–water partition coefficient (Wildman–Crippen LogP) is 5.79. The van der Waals surface area contributed by atoms with Gasteiger partial charge in [-0.25, -0.2) is 9.97 Å². The Labute approximate surface area is 174 Å². The van der Waals surface area contributed by atoms with Gasteiger partial charge in [0.2, 0.25) is 0 Å². The first-order valence-electron chi connectivity index (χ1n) is 9.12. The molecule has 0 aliphatic carbocycles. The molecule has 0 atom stereocenters. The second-order valence-corrected chi connectivity index (χ2v) is 6.84. The summed E-state index contributed by atoms with van der Waals surface area (Å²) in [6.07, 6.45) is 0. The molecule has 0 bridgehead atoms. The molecule has 0 aliphatic heterocycles. The fourth-order valence-electron chi connectivity index (χ4n) is 2.96. The van der Waals surface area contributed by atoms with Crippen LogP contribution in [0.25, 0.3) is 22.3 Å². The van der Waals surface area contributed by atoms with E-state index >= 15 is 0 Å². The van der Waals surface area contributed by atoms with Gasteiger partial charge in [0.25, 0.3) is 0 Å². The highest BCUT2D eigenvalue weighted by atomic mass is 35.5. The fraction of sp³-hybridized carbons (Fsp3) is 0.0870. The van der Waals surface area contributed by atoms with Gasteiger partial charge in [-0.2, -0.15) is 5.10 Å². The smallest absolute Gasteiger partial charge is 0.163 e. The van der Waals surface area contributed by atoms with Crippen molar-refractivity contribution in [3.8, 4) is 17.1 Å². The van der Waals surface area contributed by atoms with Crippen LogP contribution in [-0.4, -0.2) is 22.8 Å². The van der Waals surface area contributed by atoms with Crippen LogP contribution in [0.4, 0.5) is 5.82 Å². The molecule has 0 unspecified atom stereocenters. The maximum atomic E-state index is 6.36. The van der Waals surface area contributed by atoms with Crippen LogP contribution in [0.3, 0.4) is 0 Å². The Morgan fingerprint density at radius 1 is 0.931 bits per heavy atom. The van der Waals surface area contributed by atoms with Gasteiger partial charge >= 0.3 is 0 Å². The number of aromatic nitrogens is 2. The summed E-state index contributed by atoms with van der Waals surface area (Å²) in [6, 6.07) is 23.1. The van der Waals surface area contributed by atoms with E-state index in [0.717, 1.165) is 33.5 Å². The second kappa shape index (κ2) is 8.29. The summed E-state index contributed by atoms with van der Waals surface area (Å²) < 4.78 is 5.21. The number of nitrogens with one attached hydrogen (secondary N) is 1. The summed E-state index contributed by atoms with van der Waals surface area (Å²) >= 11 is 6.36. The first-order chi connectivity index (χ1) is 14.2. The molecule has 1 aromatic heterocycles. The van der Waals surface area contributed by atoms with Gasteiger partial charge in [0.05, 0.1) is 23.4 Å². The number of hydrazone groups is 1. The van der Waals surface area contributed by atoms with E-state index in [1.165, 1.54) is 0 Å². The lowest BCUT2D eigenvalue weighted by Gasteiger charge is -2.10. The van der Waals surface area contributed by atoms with Gasteiger partial charge in [0, 0.05) is 10.9 Å². The highest BCUT2D eigenvalue weighted by Gasteiger charge is 2.11. The third-order valence-corrected chi connectivity index (χ3v) is 4.88. The van der Waals surface area contributed by atoms with Crippen molar-refractivity contribution in [2.45, 2.75) is 6.92 Å². The summed E-state index contributed by atoms with van der Waals surface area (Å²) in [4.78, 5) is 9.36. The number of hydrogen-bond donors (Lipinski definition) is 1. The Kier molecular flexibility index (Phi) is 5.40. The van der Waals surface area contributed by atoms with Crippen molar-refractivity contribution in [1.82, 2.24) is 9.97 Å². The summed E-state index contributed by atoms with van der Waals surface area (Å²) in [5.74, 6) is 1.98. The standard InChI is InChI=1S/C23H19ClN4O/c1-15(16-11-13-17(29-2)14-12-16)27-28-23-19-8-4-6-10-21(19)25-22(26-23)18-7-3-5-9-20(18)24/h3-14H,1-2H3,(H,25,26,28)/b27-15+. The minimum atomic E-state index is 0.550. The number of nitrogens with zero attached hydrogens (tertiary/aromatic N) is 3. The van der Waals surface area contributed by atoms with Gasteiger partial charge in [-0.15, -0.1) is 0 Å². The molecule has 4 rings (SSSR count). The Bertz CT molecular complexity index is 1190. The van der Waals surface area contributed by atoms with Crippen LogP contribution < -0.4 is 10.2 Å². The van der Waals surface area contributed by atoms with Gasteiger partial charge in [-0.3, -0.25) is 5.43 Å². The molecule has 3 aromatic carbocycles. The number of methoxy groups -OCH3 is 1. The molecular formula is C23H19ClN4O. The van der Waals surface area contributed by atoms with E-state index < -0.39 is 0 Å². The molecule has 144 valence electrons. The largest absolute Gasteiger partial charge is 0.497 e. The molecule has 0 saturated heterocycles. The number of halogens is 1. The van der Waals surface area contributed by atoms with Crippen molar-refractivity contribution in [1.29, 1.82) is 0 Å². The minimum Gasteiger partial charge on any atom is -0.497 e. The summed E-state index contributed by atoms with van der Waals surface area (Å²) in [5, 5.41) is 6.02. The van der Waals surface area contributed by atoms with Crippen LogP contribution >= 0.6 is 11.6 Å². The van der Waals surface area contributed by atoms with E-state index in [0.29, 0.717) is 16.7 Å². The van der Waals surface area contributed by atoms with Crippen molar-refractivity contribution in [2.75, 3.05) is 12.5 Å². The maximum absolute atomic E-state index is 6.36. The number of anilines is 1. The molecule has 0 amide bonds. The number of fused-ring (bicyclic) bond motifs is 1. The minimum absolute atomic E-state index is 0.550. The second-order valence-electron chi connectivity index (χ2n) is 6.43. The molecule has 0 saturated carbocycles. The summed E-state index contributed by atoms with van der Waals surface area (Å²) in [5.41, 5.74) is 6.52. The fourth-order valence-corrected chi connectivity index (χ4v) is 3.18. The Morgan fingerprint density at radius 3 is 2.41 bits per heavy atom. The monoisotopic (exact) mass is 402 g/mol. The molecule has 0 radical (unpaired) electrons. The van der Waals surface area contributed by atoms with Gasteiger partial charge in [-0.1, -0.05) is 35.9 Å². The van der Waals surface area contributed by atoms with Gasteiger partial charge in [-0.05, 0) is 61.0 Å². The topological polar surface area (TPSA) is 59.4 Å². The van der Waals surface area contributed by atoms with Crippen molar-refractivity contribution in [3.63, 3.8) is 0 Å². The highest BCUT2D eigenvalue weighted by Crippen LogP contribution is 2.29. The van der Waals surface area contributed by atoms with Gasteiger partial charge in [0.1, 0.15) is 5.75 Å². The van der Waals surface area contributed by atoms with E-state index in [1.54, 1.807) is 7.11 Å². The Morgan fingerprint density at radius 2 is 1.66 bits per heavy atom. The third kappa shape index (κ3) is 4.05. The maximum Gasteiger partial charge on any atom is 0.163 e. The first kappa shape index (κ1) is 18.9. The average molecular weight is 403 g/mol. The van der Waals surface area contributed by atoms with E-state index in [1.807, 2.05) is 79.7 Å². The van der Waals surface area contributed by atoms with Crippen LogP contribution in [0, 0.1) is 0 Å². The normalized spacial score (nSPS) is 11.5. The lowest BCUT2D eigenvalue weighted by atomic mass is 10.1. The number of hydrogen-bond acceptors (Lipinski definition) is 5. The number of ether oxygens (including phenoxy) is 1. The molecule has 29 heavy (non-hydrogen) atoms. The number of benzene rings is 3. The molecule has 0 aliphatic rings. The zero-order chi connectivity index (χ0) is 20.2. The zero-order valence-corrected chi connectivity index (χ0v) is 16.8. The molecule has 0 fully saturated rings. The van der Waals surface area contributed by atoms with Crippen LogP contribution in [-0.2, 0) is 0 Å². The molecule has 4 aromatic rings. The summed E-state index contributed by atoms with van der Waals surface area (Å²) in [7, 11) is 1.65. The average Bonchev–Trinajstić information content (AvgIpc) is 2.77. The Hall–Kier alpha value is -3.44. The van der Waals surface area contributed by atoms with Crippen LogP contribution in [0.15, 0.2) is 77.9 Å². The van der Waals surface area contributed by atoms with E-state index in [2.05, 4.69) is 15.5 Å². The highest BCUT2D eigenvalue weighted by molar-refractivity contribution is 6.33. The quantitative estimate of drug-likeness (QED) is 0.339. The first-order valence-corrected chi connectivity index (χ1v) is 9.50. The predicted molar refractivity (Wildman–Crippen MR) is 119 cm³/mol. The zero-order valence-electron chi connectivity index (χ0n) is 16.1. The van der Waals surface area contributed by atoms with Crippen molar-refractivity contribution in [3.05, 3.63) is 83.4 Å². The molecule has 5 nitrogen and oxygen atoms in total. The van der Waals surface area contributed by atoms with Crippen molar-refractivity contribution < 1.29 is 4.74 Å². The Balaban J connectivity index is 1.73. The molecular weight excluding hydrogens is 384 g/mol. The summed E-state index contributed by atoms with van der Waals surface area (Å²) in [6.45, 7) is 1.94. The lowest BCUT2D eigenvalue weighted by molar-refractivity contribution is 0.415. The molecule has 6 heteroatoms. The lowest BCUT2D eigenvalue weighted by Crippen LogP contribution is -2.03. The van der Waals surface area contributed by atoms with Crippen molar-refractivity contribution in [2.24, 2.45) is 5.10 Å². The molecule has 1 N–H and O–H groups in total. The SMILES string of the molecule is COc1ccc(/C(C)=N/Nc2nc(-c3ccccc3Cl)nc3ccccc23)cc1.